The van der Waals surface area contributed by atoms with Crippen molar-refractivity contribution in [3.05, 3.63) is 77.8 Å². The van der Waals surface area contributed by atoms with Crippen molar-refractivity contribution < 1.29 is 28.2 Å². The second-order valence-corrected chi connectivity index (χ2v) is 10.9. The molecule has 4 rings (SSSR count). The molecule has 10 heteroatoms. The third kappa shape index (κ3) is 6.34. The summed E-state index contributed by atoms with van der Waals surface area (Å²) in [6.45, 7) is 5.19. The normalized spacial score (nSPS) is 19.2. The van der Waals surface area contributed by atoms with Crippen LogP contribution in [-0.2, 0) is 11.3 Å². The molecule has 2 heterocycles. The summed E-state index contributed by atoms with van der Waals surface area (Å²) >= 11 is 0. The summed E-state index contributed by atoms with van der Waals surface area (Å²) in [6, 6.07) is 11.6. The molecular weight excluding hydrogens is 509 g/mol. The number of alkyl halides is 1. The van der Waals surface area contributed by atoms with Crippen LogP contribution in [0.4, 0.5) is 13.2 Å². The summed E-state index contributed by atoms with van der Waals surface area (Å²) in [5.41, 5.74) is -0.0343. The lowest BCUT2D eigenvalue weighted by atomic mass is 9.82. The van der Waals surface area contributed by atoms with Crippen molar-refractivity contribution >= 4 is 5.91 Å². The van der Waals surface area contributed by atoms with E-state index in [4.69, 9.17) is 4.98 Å². The summed E-state index contributed by atoms with van der Waals surface area (Å²) in [7, 11) is 0. The molecule has 3 N–H and O–H groups in total. The average Bonchev–Trinajstić information content (AvgIpc) is 3.50. The zero-order chi connectivity index (χ0) is 28.3. The first-order valence-electron chi connectivity index (χ1n) is 13.0. The van der Waals surface area contributed by atoms with E-state index in [1.807, 2.05) is 30.3 Å². The number of carbonyl (C=O) groups is 1. The van der Waals surface area contributed by atoms with E-state index in [0.717, 1.165) is 23.8 Å². The molecule has 210 valence electrons. The van der Waals surface area contributed by atoms with Crippen LogP contribution in [0.5, 0.6) is 0 Å². The molecule has 0 bridgehead atoms. The third-order valence-electron chi connectivity index (χ3n) is 7.24. The van der Waals surface area contributed by atoms with Crippen molar-refractivity contribution in [2.75, 3.05) is 26.2 Å². The molecule has 0 aliphatic carbocycles. The number of amides is 1. The Kier molecular flexibility index (Phi) is 8.78. The number of aliphatic hydroxyl groups is 2. The number of halogens is 3. The van der Waals surface area contributed by atoms with Gasteiger partial charge in [0, 0.05) is 49.3 Å². The van der Waals surface area contributed by atoms with Crippen LogP contribution in [0.15, 0.2) is 54.7 Å². The highest BCUT2D eigenvalue weighted by molar-refractivity contribution is 5.80. The molecule has 3 aromatic rings. The number of nitrogens with one attached hydrogen (secondary N) is 1. The summed E-state index contributed by atoms with van der Waals surface area (Å²) in [5.74, 6) is -2.19. The van der Waals surface area contributed by atoms with Gasteiger partial charge in [-0.1, -0.05) is 44.2 Å². The van der Waals surface area contributed by atoms with Crippen LogP contribution in [-0.4, -0.2) is 69.1 Å². The van der Waals surface area contributed by atoms with Crippen molar-refractivity contribution in [2.45, 2.75) is 45.6 Å². The first kappa shape index (κ1) is 28.8. The molecular formula is C29H35F3N4O3. The minimum absolute atomic E-state index is 0.0339. The van der Waals surface area contributed by atoms with E-state index in [1.165, 1.54) is 11.8 Å². The highest BCUT2D eigenvalue weighted by Crippen LogP contribution is 2.40. The van der Waals surface area contributed by atoms with Crippen molar-refractivity contribution in [3.8, 4) is 11.3 Å². The monoisotopic (exact) mass is 544 g/mol. The molecule has 0 spiro atoms. The molecule has 0 radical (unpaired) electrons. The minimum atomic E-state index is -1.40. The van der Waals surface area contributed by atoms with Crippen LogP contribution in [0.3, 0.4) is 0 Å². The number of imidazole rings is 1. The predicted molar refractivity (Wildman–Crippen MR) is 141 cm³/mol. The molecule has 1 aliphatic heterocycles. The molecule has 1 aromatic heterocycles. The number of aromatic nitrogens is 2. The second kappa shape index (κ2) is 11.9. The van der Waals surface area contributed by atoms with Gasteiger partial charge in [-0.25, -0.2) is 18.2 Å². The van der Waals surface area contributed by atoms with Gasteiger partial charge in [-0.2, -0.15) is 0 Å². The average molecular weight is 545 g/mol. The topological polar surface area (TPSA) is 90.6 Å². The Labute approximate surface area is 226 Å². The smallest absolute Gasteiger partial charge is 0.251 e. The Morgan fingerprint density at radius 2 is 1.92 bits per heavy atom. The van der Waals surface area contributed by atoms with Gasteiger partial charge in [0.1, 0.15) is 29.7 Å². The fourth-order valence-electron chi connectivity index (χ4n) is 5.07. The van der Waals surface area contributed by atoms with Crippen LogP contribution in [0.1, 0.15) is 38.2 Å². The number of carbonyl (C=O) groups excluding carboxylic acids is 1. The van der Waals surface area contributed by atoms with Crippen LogP contribution < -0.4 is 5.32 Å². The lowest BCUT2D eigenvalue weighted by molar-refractivity contribution is -0.147. The summed E-state index contributed by atoms with van der Waals surface area (Å²) in [5, 5.41) is 23.8. The Bertz CT molecular complexity index is 1280. The highest BCUT2D eigenvalue weighted by atomic mass is 19.1. The molecule has 1 fully saturated rings. The van der Waals surface area contributed by atoms with E-state index in [9.17, 15) is 28.2 Å². The second-order valence-electron chi connectivity index (χ2n) is 10.9. The van der Waals surface area contributed by atoms with Gasteiger partial charge in [0.25, 0.3) is 5.91 Å². The number of aliphatic hydroxyl groups excluding tert-OH is 2. The number of rotatable bonds is 10. The van der Waals surface area contributed by atoms with Gasteiger partial charge < -0.3 is 25.0 Å². The van der Waals surface area contributed by atoms with Crippen LogP contribution >= 0.6 is 0 Å². The van der Waals surface area contributed by atoms with Gasteiger partial charge in [0.05, 0.1) is 18.3 Å². The van der Waals surface area contributed by atoms with Crippen LogP contribution in [0, 0.1) is 23.0 Å². The number of benzene rings is 2. The molecule has 1 amide bonds. The van der Waals surface area contributed by atoms with Crippen LogP contribution in [0.2, 0.25) is 0 Å². The van der Waals surface area contributed by atoms with Crippen molar-refractivity contribution in [1.29, 1.82) is 0 Å². The van der Waals surface area contributed by atoms with Crippen LogP contribution in [0.25, 0.3) is 11.3 Å². The lowest BCUT2D eigenvalue weighted by Crippen LogP contribution is -2.50. The molecule has 7 nitrogen and oxygen atoms in total. The molecule has 0 saturated carbocycles. The third-order valence-corrected chi connectivity index (χ3v) is 7.24. The fourth-order valence-corrected chi connectivity index (χ4v) is 5.07. The van der Waals surface area contributed by atoms with E-state index in [-0.39, 0.29) is 37.5 Å². The zero-order valence-corrected chi connectivity index (χ0v) is 22.3. The summed E-state index contributed by atoms with van der Waals surface area (Å²) in [6.07, 6.45) is -1.01. The number of nitrogens with zero attached hydrogens (tertiary/aromatic N) is 3. The molecule has 39 heavy (non-hydrogen) atoms. The first-order chi connectivity index (χ1) is 18.5. The zero-order valence-electron chi connectivity index (χ0n) is 22.3. The van der Waals surface area contributed by atoms with Gasteiger partial charge in [-0.3, -0.25) is 4.79 Å². The maximum Gasteiger partial charge on any atom is 0.251 e. The van der Waals surface area contributed by atoms with Gasteiger partial charge >= 0.3 is 0 Å². The fraction of sp³-hybridized carbons (Fsp3) is 0.448. The summed E-state index contributed by atoms with van der Waals surface area (Å²) < 4.78 is 45.4. The molecule has 4 atom stereocenters. The molecule has 1 aliphatic rings. The van der Waals surface area contributed by atoms with Crippen molar-refractivity contribution in [3.63, 3.8) is 0 Å². The Morgan fingerprint density at radius 3 is 2.54 bits per heavy atom. The van der Waals surface area contributed by atoms with E-state index in [0.29, 0.717) is 12.4 Å². The maximum atomic E-state index is 14.8. The molecule has 1 saturated heterocycles. The Balaban J connectivity index is 1.91. The number of hydrogen-bond acceptors (Lipinski definition) is 5. The van der Waals surface area contributed by atoms with E-state index in [2.05, 4.69) is 5.32 Å². The van der Waals surface area contributed by atoms with Gasteiger partial charge in [-0.15, -0.1) is 0 Å². The van der Waals surface area contributed by atoms with Crippen molar-refractivity contribution in [2.24, 2.45) is 11.3 Å². The molecule has 0 unspecified atom stereocenters. The highest BCUT2D eigenvalue weighted by Gasteiger charge is 2.44. The van der Waals surface area contributed by atoms with Gasteiger partial charge in [0.2, 0.25) is 0 Å². The quantitative estimate of drug-likeness (QED) is 0.362. The SMILES string of the molecule is C[C@H](O)C(=O)N(C[C@@H]1CNC[C@@H]1F)[C@@H](c1nc(-c2cc(F)ccc2F)cn1Cc1ccccc1)C(C)(C)CO. The first-order valence-corrected chi connectivity index (χ1v) is 13.0. The Morgan fingerprint density at radius 1 is 1.21 bits per heavy atom. The Hall–Kier alpha value is -3.21. The lowest BCUT2D eigenvalue weighted by Gasteiger charge is -2.42. The number of hydrogen-bond donors (Lipinski definition) is 3. The van der Waals surface area contributed by atoms with Gasteiger partial charge in [0.15, 0.2) is 0 Å². The van der Waals surface area contributed by atoms with Gasteiger partial charge in [-0.05, 0) is 30.7 Å². The maximum absolute atomic E-state index is 14.8. The summed E-state index contributed by atoms with van der Waals surface area (Å²) in [4.78, 5) is 19.6. The van der Waals surface area contributed by atoms with Crippen molar-refractivity contribution in [1.82, 2.24) is 19.8 Å². The standard InChI is InChI=1S/C29H35F3N4O3/c1-18(38)28(39)36(15-20-12-33-13-24(20)32)26(29(2,3)17-37)27-34-25(22-11-21(30)9-10-23(22)31)16-35(27)14-19-7-5-4-6-8-19/h4-11,16,18,20,24,26,33,37-38H,12-15,17H2,1-3H3/t18-,20-,24-,26-/m0/s1. The van der Waals surface area contributed by atoms with E-state index >= 15 is 0 Å². The molecule has 2 aromatic carbocycles. The predicted octanol–water partition coefficient (Wildman–Crippen LogP) is 3.70. The van der Waals surface area contributed by atoms with E-state index < -0.39 is 47.2 Å². The minimum Gasteiger partial charge on any atom is -0.396 e. The largest absolute Gasteiger partial charge is 0.396 e. The van der Waals surface area contributed by atoms with E-state index in [1.54, 1.807) is 24.6 Å².